The van der Waals surface area contributed by atoms with Gasteiger partial charge in [0, 0.05) is 12.5 Å². The van der Waals surface area contributed by atoms with Gasteiger partial charge < -0.3 is 4.42 Å². The van der Waals surface area contributed by atoms with Crippen LogP contribution in [-0.4, -0.2) is 0 Å². The molecule has 1 heterocycles. The fourth-order valence-electron chi connectivity index (χ4n) is 2.21. The first-order valence-corrected chi connectivity index (χ1v) is 6.55. The van der Waals surface area contributed by atoms with Crippen molar-refractivity contribution in [3.8, 4) is 11.1 Å². The Morgan fingerprint density at radius 3 is 2.10 bits per heavy atom. The van der Waals surface area contributed by atoms with E-state index < -0.39 is 0 Å². The summed E-state index contributed by atoms with van der Waals surface area (Å²) in [5.41, 5.74) is 2.74. The fraction of sp³-hybridized carbons (Fsp3) is 0.0556. The van der Waals surface area contributed by atoms with Gasteiger partial charge in [0.25, 0.3) is 0 Å². The van der Waals surface area contributed by atoms with Crippen molar-refractivity contribution in [2.24, 2.45) is 0 Å². The molecule has 0 atom stereocenters. The van der Waals surface area contributed by atoms with E-state index in [-0.39, 0.29) is 5.63 Å². The molecule has 98 valence electrons. The van der Waals surface area contributed by atoms with Crippen molar-refractivity contribution >= 4 is 0 Å². The molecule has 20 heavy (non-hydrogen) atoms. The maximum atomic E-state index is 11.7. The first kappa shape index (κ1) is 12.4. The molecule has 0 fully saturated rings. The van der Waals surface area contributed by atoms with Crippen molar-refractivity contribution in [1.82, 2.24) is 0 Å². The van der Waals surface area contributed by atoms with E-state index in [2.05, 4.69) is 0 Å². The lowest BCUT2D eigenvalue weighted by atomic mass is 10.0. The molecule has 0 spiro atoms. The van der Waals surface area contributed by atoms with Crippen LogP contribution in [0.5, 0.6) is 0 Å². The highest BCUT2D eigenvalue weighted by molar-refractivity contribution is 5.62. The fourth-order valence-corrected chi connectivity index (χ4v) is 2.21. The van der Waals surface area contributed by atoms with E-state index in [1.165, 1.54) is 6.07 Å². The van der Waals surface area contributed by atoms with Gasteiger partial charge in [-0.2, -0.15) is 0 Å². The molecule has 0 aliphatic rings. The summed E-state index contributed by atoms with van der Waals surface area (Å²) in [7, 11) is 0. The van der Waals surface area contributed by atoms with Gasteiger partial charge in [-0.15, -0.1) is 0 Å². The summed E-state index contributed by atoms with van der Waals surface area (Å²) in [6, 6.07) is 23.3. The topological polar surface area (TPSA) is 30.2 Å². The van der Waals surface area contributed by atoms with Gasteiger partial charge in [-0.25, -0.2) is 4.79 Å². The first-order chi connectivity index (χ1) is 9.81. The standard InChI is InChI=1S/C18H14O2/c19-18-13-16(15-9-5-2-6-10-15)12-17(20-18)11-14-7-3-1-4-8-14/h1-10,12-13H,11H2. The van der Waals surface area contributed by atoms with E-state index in [0.717, 1.165) is 16.7 Å². The van der Waals surface area contributed by atoms with Crippen molar-refractivity contribution in [2.75, 3.05) is 0 Å². The van der Waals surface area contributed by atoms with Crippen LogP contribution in [0, 0.1) is 0 Å². The Bertz CT molecular complexity index is 743. The summed E-state index contributed by atoms with van der Waals surface area (Å²) < 4.78 is 5.29. The van der Waals surface area contributed by atoms with E-state index in [9.17, 15) is 4.79 Å². The number of hydrogen-bond donors (Lipinski definition) is 0. The lowest BCUT2D eigenvalue weighted by Crippen LogP contribution is -2.01. The van der Waals surface area contributed by atoms with Crippen LogP contribution in [0.2, 0.25) is 0 Å². The minimum absolute atomic E-state index is 0.308. The van der Waals surface area contributed by atoms with E-state index in [1.54, 1.807) is 0 Å². The summed E-state index contributed by atoms with van der Waals surface area (Å²) in [6.07, 6.45) is 0.622. The summed E-state index contributed by atoms with van der Waals surface area (Å²) in [5.74, 6) is 0.683. The molecule has 0 N–H and O–H groups in total. The number of rotatable bonds is 3. The summed E-state index contributed by atoms with van der Waals surface area (Å²) >= 11 is 0. The molecule has 2 aromatic carbocycles. The SMILES string of the molecule is O=c1cc(-c2ccccc2)cc(Cc2ccccc2)o1. The van der Waals surface area contributed by atoms with Crippen molar-refractivity contribution in [3.05, 3.63) is 94.5 Å². The summed E-state index contributed by atoms with van der Waals surface area (Å²) in [6.45, 7) is 0. The molecule has 0 radical (unpaired) electrons. The van der Waals surface area contributed by atoms with E-state index in [4.69, 9.17) is 4.42 Å². The molecule has 0 amide bonds. The van der Waals surface area contributed by atoms with Crippen molar-refractivity contribution in [1.29, 1.82) is 0 Å². The molecular weight excluding hydrogens is 248 g/mol. The average Bonchev–Trinajstić information content (AvgIpc) is 2.49. The highest BCUT2D eigenvalue weighted by Gasteiger charge is 2.05. The highest BCUT2D eigenvalue weighted by Crippen LogP contribution is 2.19. The molecule has 0 aliphatic heterocycles. The normalized spacial score (nSPS) is 10.4. The van der Waals surface area contributed by atoms with Gasteiger partial charge in [0.2, 0.25) is 0 Å². The second kappa shape index (κ2) is 5.57. The van der Waals surface area contributed by atoms with Crippen molar-refractivity contribution in [3.63, 3.8) is 0 Å². The van der Waals surface area contributed by atoms with Crippen molar-refractivity contribution in [2.45, 2.75) is 6.42 Å². The van der Waals surface area contributed by atoms with Gasteiger partial charge in [0.1, 0.15) is 5.76 Å². The Labute approximate surface area is 117 Å². The third-order valence-corrected chi connectivity index (χ3v) is 3.15. The van der Waals surface area contributed by atoms with E-state index >= 15 is 0 Å². The predicted molar refractivity (Wildman–Crippen MR) is 79.7 cm³/mol. The molecule has 3 rings (SSSR count). The van der Waals surface area contributed by atoms with Crippen LogP contribution < -0.4 is 5.63 Å². The number of benzene rings is 2. The van der Waals surface area contributed by atoms with Crippen LogP contribution in [0.4, 0.5) is 0 Å². The molecule has 1 aromatic heterocycles. The average molecular weight is 262 g/mol. The van der Waals surface area contributed by atoms with Crippen LogP contribution in [0.3, 0.4) is 0 Å². The molecule has 0 saturated carbocycles. The Balaban J connectivity index is 1.97. The molecule has 3 aromatic rings. The van der Waals surface area contributed by atoms with Crippen molar-refractivity contribution < 1.29 is 4.42 Å². The molecule has 0 saturated heterocycles. The Morgan fingerprint density at radius 2 is 1.40 bits per heavy atom. The molecule has 2 heteroatoms. The highest BCUT2D eigenvalue weighted by atomic mass is 16.4. The lowest BCUT2D eigenvalue weighted by Gasteiger charge is -2.04. The third kappa shape index (κ3) is 2.86. The van der Waals surface area contributed by atoms with Gasteiger partial charge in [0.15, 0.2) is 0 Å². The molecular formula is C18H14O2. The predicted octanol–water partition coefficient (Wildman–Crippen LogP) is 3.90. The molecule has 0 unspecified atom stereocenters. The zero-order valence-electron chi connectivity index (χ0n) is 11.0. The molecule has 0 aliphatic carbocycles. The molecule has 0 bridgehead atoms. The van der Waals surface area contributed by atoms with Gasteiger partial charge in [-0.1, -0.05) is 60.7 Å². The Morgan fingerprint density at radius 1 is 0.750 bits per heavy atom. The van der Waals surface area contributed by atoms with E-state index in [0.29, 0.717) is 12.2 Å². The Hall–Kier alpha value is -2.61. The van der Waals surface area contributed by atoms with Gasteiger partial charge in [0.05, 0.1) is 0 Å². The number of hydrogen-bond acceptors (Lipinski definition) is 2. The minimum Gasteiger partial charge on any atom is -0.428 e. The van der Waals surface area contributed by atoms with Crippen LogP contribution in [0.15, 0.2) is 82.0 Å². The minimum atomic E-state index is -0.308. The quantitative estimate of drug-likeness (QED) is 0.716. The van der Waals surface area contributed by atoms with Crippen LogP contribution in [0.1, 0.15) is 11.3 Å². The summed E-state index contributed by atoms with van der Waals surface area (Å²) in [4.78, 5) is 11.7. The van der Waals surface area contributed by atoms with Gasteiger partial charge in [-0.05, 0) is 22.8 Å². The van der Waals surface area contributed by atoms with Gasteiger partial charge in [-0.3, -0.25) is 0 Å². The smallest absolute Gasteiger partial charge is 0.336 e. The monoisotopic (exact) mass is 262 g/mol. The largest absolute Gasteiger partial charge is 0.428 e. The van der Waals surface area contributed by atoms with E-state index in [1.807, 2.05) is 66.7 Å². The van der Waals surface area contributed by atoms with Crippen LogP contribution in [-0.2, 0) is 6.42 Å². The maximum absolute atomic E-state index is 11.7. The maximum Gasteiger partial charge on any atom is 0.336 e. The zero-order chi connectivity index (χ0) is 13.8. The Kier molecular flexibility index (Phi) is 3.46. The van der Waals surface area contributed by atoms with Crippen LogP contribution >= 0.6 is 0 Å². The zero-order valence-corrected chi connectivity index (χ0v) is 11.0. The third-order valence-electron chi connectivity index (χ3n) is 3.15. The lowest BCUT2D eigenvalue weighted by molar-refractivity contribution is 0.469. The second-order valence-electron chi connectivity index (χ2n) is 4.66. The summed E-state index contributed by atoms with van der Waals surface area (Å²) in [5, 5.41) is 0. The first-order valence-electron chi connectivity index (χ1n) is 6.55. The molecule has 2 nitrogen and oxygen atoms in total. The second-order valence-corrected chi connectivity index (χ2v) is 4.66. The van der Waals surface area contributed by atoms with Crippen LogP contribution in [0.25, 0.3) is 11.1 Å². The van der Waals surface area contributed by atoms with Gasteiger partial charge >= 0.3 is 5.63 Å².